The molecule has 9 nitrogen and oxygen atoms in total. The first-order chi connectivity index (χ1) is 20.9. The van der Waals surface area contributed by atoms with E-state index >= 15 is 0 Å². The molecule has 0 amide bonds. The fraction of sp³-hybridized carbons (Fsp3) is 0.452. The van der Waals surface area contributed by atoms with Gasteiger partial charge in [0, 0.05) is 38.7 Å². The topological polar surface area (TPSA) is 95.6 Å². The molecule has 1 heterocycles. The quantitative estimate of drug-likeness (QED) is 0.133. The van der Waals surface area contributed by atoms with Crippen molar-refractivity contribution in [3.8, 4) is 0 Å². The molecular formula is C31H40F3N2O7P. The van der Waals surface area contributed by atoms with Crippen LogP contribution in [-0.4, -0.2) is 71.7 Å². The average molecular weight is 641 g/mol. The molecule has 0 spiro atoms. The fourth-order valence-electron chi connectivity index (χ4n) is 4.93. The summed E-state index contributed by atoms with van der Waals surface area (Å²) in [4.78, 5) is 15.7. The van der Waals surface area contributed by atoms with Gasteiger partial charge in [-0.05, 0) is 38.1 Å². The lowest BCUT2D eigenvalue weighted by atomic mass is 9.84. The van der Waals surface area contributed by atoms with Gasteiger partial charge in [-0.25, -0.2) is 4.79 Å². The van der Waals surface area contributed by atoms with Crippen LogP contribution in [0.4, 0.5) is 13.2 Å². The third-order valence-electron chi connectivity index (χ3n) is 6.92. The Morgan fingerprint density at radius 2 is 1.48 bits per heavy atom. The predicted molar refractivity (Wildman–Crippen MR) is 160 cm³/mol. The van der Waals surface area contributed by atoms with Gasteiger partial charge in [-0.2, -0.15) is 13.2 Å². The van der Waals surface area contributed by atoms with E-state index in [1.165, 1.54) is 32.4 Å². The van der Waals surface area contributed by atoms with Crippen LogP contribution in [0.2, 0.25) is 0 Å². The summed E-state index contributed by atoms with van der Waals surface area (Å²) in [6.45, 7) is 3.78. The highest BCUT2D eigenvalue weighted by atomic mass is 31.2. The number of dihydropyridines is 1. The Kier molecular flexibility index (Phi) is 13.2. The number of likely N-dealkylation sites (N-methyl/N-ethyl adjacent to an activating group) is 1. The molecule has 0 bridgehead atoms. The molecule has 1 aliphatic rings. The predicted octanol–water partition coefficient (Wildman–Crippen LogP) is 6.09. The van der Waals surface area contributed by atoms with Crippen LogP contribution >= 0.6 is 7.60 Å². The van der Waals surface area contributed by atoms with Crippen LogP contribution in [0, 0.1) is 0 Å². The van der Waals surface area contributed by atoms with Gasteiger partial charge < -0.3 is 28.6 Å². The number of hydrogen-bond acceptors (Lipinski definition) is 9. The normalized spacial score (nSPS) is 16.0. The maximum Gasteiger partial charge on any atom is 0.416 e. The van der Waals surface area contributed by atoms with Gasteiger partial charge in [0.1, 0.15) is 6.61 Å². The fourth-order valence-corrected chi connectivity index (χ4v) is 6.96. The summed E-state index contributed by atoms with van der Waals surface area (Å²) in [5, 5.41) is 2.88. The first-order valence-corrected chi connectivity index (χ1v) is 15.6. The highest BCUT2D eigenvalue weighted by Crippen LogP contribution is 2.64. The molecule has 2 aromatic carbocycles. The smallest absolute Gasteiger partial charge is 0.416 e. The molecule has 3 rings (SSSR count). The number of halogens is 3. The molecule has 1 atom stereocenters. The van der Waals surface area contributed by atoms with Crippen LogP contribution in [0.15, 0.2) is 76.9 Å². The van der Waals surface area contributed by atoms with Gasteiger partial charge in [-0.15, -0.1) is 0 Å². The molecule has 1 unspecified atom stereocenters. The van der Waals surface area contributed by atoms with Gasteiger partial charge in [-0.1, -0.05) is 48.5 Å². The van der Waals surface area contributed by atoms with E-state index in [0.29, 0.717) is 13.1 Å². The molecule has 13 heteroatoms. The molecule has 0 saturated heterocycles. The molecule has 1 aliphatic heterocycles. The van der Waals surface area contributed by atoms with E-state index in [4.69, 9.17) is 23.3 Å². The van der Waals surface area contributed by atoms with Crippen LogP contribution < -0.4 is 5.32 Å². The van der Waals surface area contributed by atoms with Crippen molar-refractivity contribution in [2.75, 3.05) is 60.8 Å². The van der Waals surface area contributed by atoms with Crippen LogP contribution in [0.25, 0.3) is 0 Å². The van der Waals surface area contributed by atoms with Gasteiger partial charge in [0.05, 0.1) is 48.8 Å². The second kappa shape index (κ2) is 16.4. The molecule has 44 heavy (non-hydrogen) atoms. The summed E-state index contributed by atoms with van der Waals surface area (Å²) < 4.78 is 84.8. The Bertz CT molecular complexity index is 1350. The van der Waals surface area contributed by atoms with E-state index in [1.54, 1.807) is 13.8 Å². The van der Waals surface area contributed by atoms with Crippen molar-refractivity contribution in [2.24, 2.45) is 0 Å². The molecule has 0 radical (unpaired) electrons. The van der Waals surface area contributed by atoms with E-state index < -0.39 is 31.2 Å². The number of alkyl halides is 3. The van der Waals surface area contributed by atoms with Crippen molar-refractivity contribution in [1.82, 2.24) is 10.2 Å². The number of benzene rings is 2. The molecule has 0 aromatic heterocycles. The monoisotopic (exact) mass is 640 g/mol. The number of ether oxygens (including phenoxy) is 3. The van der Waals surface area contributed by atoms with Gasteiger partial charge in [0.2, 0.25) is 0 Å². The van der Waals surface area contributed by atoms with E-state index in [-0.39, 0.29) is 60.9 Å². The first kappa shape index (κ1) is 35.5. The Labute approximate surface area is 256 Å². The molecule has 1 N–H and O–H groups in total. The lowest BCUT2D eigenvalue weighted by Crippen LogP contribution is -2.32. The van der Waals surface area contributed by atoms with Crippen molar-refractivity contribution >= 4 is 13.6 Å². The lowest BCUT2D eigenvalue weighted by Gasteiger charge is -2.35. The highest BCUT2D eigenvalue weighted by molar-refractivity contribution is 7.58. The molecule has 0 aliphatic carbocycles. The molecule has 2 aromatic rings. The molecule has 0 fully saturated rings. The lowest BCUT2D eigenvalue weighted by molar-refractivity contribution is -0.141. The number of allylic oxidation sites excluding steroid dienone is 3. The van der Waals surface area contributed by atoms with E-state index in [0.717, 1.165) is 11.6 Å². The maximum absolute atomic E-state index is 14.5. The van der Waals surface area contributed by atoms with Gasteiger partial charge in [-0.3, -0.25) is 9.46 Å². The number of nitrogens with one attached hydrogen (secondary N) is 1. The Hall–Kier alpha value is -2.99. The summed E-state index contributed by atoms with van der Waals surface area (Å²) in [6.07, 6.45) is -4.78. The number of methoxy groups -OCH3 is 2. The number of hydrogen-bond donors (Lipinski definition) is 1. The van der Waals surface area contributed by atoms with E-state index in [1.807, 2.05) is 42.3 Å². The number of carbonyl (C=O) groups is 1. The summed E-state index contributed by atoms with van der Waals surface area (Å²) >= 11 is 0. The summed E-state index contributed by atoms with van der Waals surface area (Å²) in [7, 11) is 0.364. The van der Waals surface area contributed by atoms with Crippen LogP contribution in [-0.2, 0) is 45.3 Å². The molecule has 0 saturated carbocycles. The number of rotatable bonds is 16. The zero-order valence-electron chi connectivity index (χ0n) is 25.6. The number of carbonyl (C=O) groups excluding carboxylic acids is 1. The third-order valence-corrected chi connectivity index (χ3v) is 9.15. The zero-order chi connectivity index (χ0) is 32.3. The van der Waals surface area contributed by atoms with Crippen LogP contribution in [0.5, 0.6) is 0 Å². The third kappa shape index (κ3) is 9.26. The summed E-state index contributed by atoms with van der Waals surface area (Å²) in [6, 6.07) is 14.6. The van der Waals surface area contributed by atoms with Gasteiger partial charge >= 0.3 is 19.7 Å². The largest absolute Gasteiger partial charge is 0.461 e. The highest BCUT2D eigenvalue weighted by Gasteiger charge is 2.47. The van der Waals surface area contributed by atoms with Crippen LogP contribution in [0.1, 0.15) is 36.5 Å². The van der Waals surface area contributed by atoms with Gasteiger partial charge in [0.25, 0.3) is 0 Å². The van der Waals surface area contributed by atoms with Crippen molar-refractivity contribution < 1.29 is 45.8 Å². The molecule has 242 valence electrons. The summed E-state index contributed by atoms with van der Waals surface area (Å²) in [5.74, 6) is -2.31. The number of esters is 1. The number of nitrogens with zero attached hydrogens (tertiary/aromatic N) is 1. The van der Waals surface area contributed by atoms with E-state index in [2.05, 4.69) is 5.32 Å². The Morgan fingerprint density at radius 1 is 0.886 bits per heavy atom. The second-order valence-electron chi connectivity index (χ2n) is 10.2. The zero-order valence-corrected chi connectivity index (χ0v) is 26.5. The van der Waals surface area contributed by atoms with Gasteiger partial charge in [0.15, 0.2) is 0 Å². The standard InChI is InChI=1S/C31H40F3N2O7P/c1-22-27(30(37)41-16-15-36(3)21-24-11-7-6-8-12-24)28(25-13-9-10-14-26(25)31(32,33)34)29(23(2)35-22)44(38,42-19-17-39-4)43-20-18-40-5/h6-14,28,35H,15-21H2,1-5H3. The average Bonchev–Trinajstić information content (AvgIpc) is 2.97. The minimum atomic E-state index is -4.78. The van der Waals surface area contributed by atoms with Crippen LogP contribution in [0.3, 0.4) is 0 Å². The van der Waals surface area contributed by atoms with E-state index in [9.17, 15) is 22.5 Å². The Balaban J connectivity index is 2.03. The summed E-state index contributed by atoms with van der Waals surface area (Å²) in [5.41, 5.74) is 0.174. The first-order valence-electron chi connectivity index (χ1n) is 14.0. The molecular weight excluding hydrogens is 600 g/mol. The minimum absolute atomic E-state index is 0.0308. The maximum atomic E-state index is 14.5. The minimum Gasteiger partial charge on any atom is -0.461 e. The van der Waals surface area contributed by atoms with Crippen molar-refractivity contribution in [3.63, 3.8) is 0 Å². The Morgan fingerprint density at radius 3 is 2.07 bits per heavy atom. The van der Waals surface area contributed by atoms with Crippen molar-refractivity contribution in [2.45, 2.75) is 32.5 Å². The second-order valence-corrected chi connectivity index (χ2v) is 12.2. The van der Waals surface area contributed by atoms with Crippen molar-refractivity contribution in [3.05, 3.63) is 93.6 Å². The SMILES string of the molecule is COCCOP(=O)(OCCOC)C1=C(C)NC(C)=C(C(=O)OCCN(C)Cc2ccccc2)C1c1ccccc1C(F)(F)F. The van der Waals surface area contributed by atoms with Crippen molar-refractivity contribution in [1.29, 1.82) is 0 Å².